The van der Waals surface area contributed by atoms with Crippen LogP contribution in [0.15, 0.2) is 24.5 Å². The molecule has 2 aromatic heterocycles. The molecule has 0 unspecified atom stereocenters. The molecule has 1 aliphatic rings. The molecule has 0 aromatic carbocycles. The highest BCUT2D eigenvalue weighted by Crippen LogP contribution is 2.21. The molecule has 3 rings (SSSR count). The fourth-order valence-electron chi connectivity index (χ4n) is 2.52. The van der Waals surface area contributed by atoms with Crippen molar-refractivity contribution in [2.75, 3.05) is 20.3 Å². The van der Waals surface area contributed by atoms with Crippen LogP contribution in [0.4, 0.5) is 0 Å². The molecule has 0 saturated carbocycles. The highest BCUT2D eigenvalue weighted by atomic mass is 16.5. The molecule has 0 radical (unpaired) electrons. The van der Waals surface area contributed by atoms with E-state index in [2.05, 4.69) is 9.38 Å². The maximum Gasteiger partial charge on any atom is 0.122 e. The van der Waals surface area contributed by atoms with Crippen LogP contribution in [0.25, 0.3) is 5.52 Å². The van der Waals surface area contributed by atoms with Gasteiger partial charge in [-0.05, 0) is 24.8 Å². The average molecular weight is 246 g/mol. The van der Waals surface area contributed by atoms with Crippen molar-refractivity contribution in [3.63, 3.8) is 0 Å². The van der Waals surface area contributed by atoms with Crippen molar-refractivity contribution in [1.29, 1.82) is 0 Å². The first kappa shape index (κ1) is 11.5. The van der Waals surface area contributed by atoms with Crippen LogP contribution in [0, 0.1) is 5.92 Å². The first-order valence-electron chi connectivity index (χ1n) is 6.44. The fraction of sp³-hybridized carbons (Fsp3) is 0.500. The minimum absolute atomic E-state index is 0.700. The van der Waals surface area contributed by atoms with Crippen molar-refractivity contribution in [1.82, 2.24) is 9.38 Å². The zero-order valence-corrected chi connectivity index (χ0v) is 10.6. The number of hydrogen-bond acceptors (Lipinski definition) is 3. The molecular weight excluding hydrogens is 228 g/mol. The number of pyridine rings is 1. The number of nitrogens with zero attached hydrogens (tertiary/aromatic N) is 2. The molecule has 1 saturated heterocycles. The molecule has 0 amide bonds. The Kier molecular flexibility index (Phi) is 3.19. The molecule has 3 heterocycles. The van der Waals surface area contributed by atoms with Crippen molar-refractivity contribution in [3.05, 3.63) is 30.4 Å². The van der Waals surface area contributed by atoms with Gasteiger partial charge in [0, 0.05) is 31.9 Å². The van der Waals surface area contributed by atoms with E-state index in [4.69, 9.17) is 9.47 Å². The number of imidazole rings is 1. The third kappa shape index (κ3) is 2.20. The van der Waals surface area contributed by atoms with Crippen molar-refractivity contribution in [2.45, 2.75) is 19.3 Å². The molecule has 2 aromatic rings. The molecule has 4 nitrogen and oxygen atoms in total. The van der Waals surface area contributed by atoms with Gasteiger partial charge in [-0.2, -0.15) is 0 Å². The summed E-state index contributed by atoms with van der Waals surface area (Å²) in [4.78, 5) is 4.53. The molecule has 18 heavy (non-hydrogen) atoms. The Morgan fingerprint density at radius 1 is 1.44 bits per heavy atom. The second-order valence-corrected chi connectivity index (χ2v) is 4.80. The van der Waals surface area contributed by atoms with Crippen LogP contribution >= 0.6 is 0 Å². The zero-order valence-electron chi connectivity index (χ0n) is 10.6. The van der Waals surface area contributed by atoms with E-state index in [0.29, 0.717) is 5.92 Å². The molecule has 0 N–H and O–H groups in total. The molecule has 1 fully saturated rings. The van der Waals surface area contributed by atoms with Crippen LogP contribution in [0.2, 0.25) is 0 Å². The standard InChI is InChI=1S/C14H18N2O2/c1-17-13-2-5-16-12(9-13)10-15-14(16)8-11-3-6-18-7-4-11/h2,5,9-11H,3-4,6-8H2,1H3. The van der Waals surface area contributed by atoms with Gasteiger partial charge in [0.05, 0.1) is 18.8 Å². The average Bonchev–Trinajstić information content (AvgIpc) is 2.82. The first-order chi connectivity index (χ1) is 8.86. The van der Waals surface area contributed by atoms with Crippen molar-refractivity contribution in [2.24, 2.45) is 5.92 Å². The van der Waals surface area contributed by atoms with Crippen LogP contribution in [0.3, 0.4) is 0 Å². The van der Waals surface area contributed by atoms with E-state index in [1.54, 1.807) is 7.11 Å². The van der Waals surface area contributed by atoms with Gasteiger partial charge in [-0.25, -0.2) is 4.98 Å². The van der Waals surface area contributed by atoms with Crippen LogP contribution in [-0.4, -0.2) is 29.7 Å². The molecule has 0 aliphatic carbocycles. The molecule has 96 valence electrons. The van der Waals surface area contributed by atoms with E-state index in [-0.39, 0.29) is 0 Å². The van der Waals surface area contributed by atoms with E-state index in [9.17, 15) is 0 Å². The molecule has 4 heteroatoms. The number of methoxy groups -OCH3 is 1. The van der Waals surface area contributed by atoms with Gasteiger partial charge >= 0.3 is 0 Å². The van der Waals surface area contributed by atoms with Gasteiger partial charge in [0.25, 0.3) is 0 Å². The highest BCUT2D eigenvalue weighted by Gasteiger charge is 2.16. The summed E-state index contributed by atoms with van der Waals surface area (Å²) in [5, 5.41) is 0. The third-order valence-corrected chi connectivity index (χ3v) is 3.63. The van der Waals surface area contributed by atoms with E-state index in [1.807, 2.05) is 24.5 Å². The quantitative estimate of drug-likeness (QED) is 0.833. The number of fused-ring (bicyclic) bond motifs is 1. The lowest BCUT2D eigenvalue weighted by Crippen LogP contribution is -2.18. The third-order valence-electron chi connectivity index (χ3n) is 3.63. The zero-order chi connectivity index (χ0) is 12.4. The van der Waals surface area contributed by atoms with Gasteiger partial charge < -0.3 is 13.9 Å². The Morgan fingerprint density at radius 2 is 2.28 bits per heavy atom. The predicted octanol–water partition coefficient (Wildman–Crippen LogP) is 2.31. The molecule has 0 spiro atoms. The summed E-state index contributed by atoms with van der Waals surface area (Å²) in [6.07, 6.45) is 7.27. The number of ether oxygens (including phenoxy) is 2. The van der Waals surface area contributed by atoms with E-state index in [1.165, 1.54) is 0 Å². The van der Waals surface area contributed by atoms with Crippen LogP contribution in [-0.2, 0) is 11.2 Å². The fourth-order valence-corrected chi connectivity index (χ4v) is 2.52. The van der Waals surface area contributed by atoms with Crippen molar-refractivity contribution >= 4 is 5.52 Å². The lowest BCUT2D eigenvalue weighted by atomic mass is 9.96. The first-order valence-corrected chi connectivity index (χ1v) is 6.44. The summed E-state index contributed by atoms with van der Waals surface area (Å²) in [5.74, 6) is 2.71. The summed E-state index contributed by atoms with van der Waals surface area (Å²) in [6, 6.07) is 3.99. The Balaban J connectivity index is 1.83. The Morgan fingerprint density at radius 3 is 3.06 bits per heavy atom. The summed E-state index contributed by atoms with van der Waals surface area (Å²) in [6.45, 7) is 1.78. The molecule has 0 bridgehead atoms. The van der Waals surface area contributed by atoms with Crippen molar-refractivity contribution < 1.29 is 9.47 Å². The van der Waals surface area contributed by atoms with Gasteiger partial charge in [0.15, 0.2) is 0 Å². The normalized spacial score (nSPS) is 17.2. The Hall–Kier alpha value is -1.55. The lowest BCUT2D eigenvalue weighted by Gasteiger charge is -2.21. The monoisotopic (exact) mass is 246 g/mol. The van der Waals surface area contributed by atoms with Crippen LogP contribution in [0.5, 0.6) is 5.75 Å². The minimum Gasteiger partial charge on any atom is -0.497 e. The van der Waals surface area contributed by atoms with E-state index in [0.717, 1.165) is 49.6 Å². The second-order valence-electron chi connectivity index (χ2n) is 4.80. The van der Waals surface area contributed by atoms with Gasteiger partial charge in [-0.1, -0.05) is 0 Å². The van der Waals surface area contributed by atoms with E-state index >= 15 is 0 Å². The summed E-state index contributed by atoms with van der Waals surface area (Å²) in [5.41, 5.74) is 1.09. The molecule has 0 atom stereocenters. The van der Waals surface area contributed by atoms with Crippen LogP contribution in [0.1, 0.15) is 18.7 Å². The largest absolute Gasteiger partial charge is 0.497 e. The minimum atomic E-state index is 0.700. The maximum absolute atomic E-state index is 5.39. The summed E-state index contributed by atoms with van der Waals surface area (Å²) in [7, 11) is 1.69. The summed E-state index contributed by atoms with van der Waals surface area (Å²) >= 11 is 0. The Labute approximate surface area is 107 Å². The van der Waals surface area contributed by atoms with Gasteiger partial charge in [0.1, 0.15) is 11.6 Å². The number of hydrogen-bond donors (Lipinski definition) is 0. The molecule has 1 aliphatic heterocycles. The molecular formula is C14H18N2O2. The second kappa shape index (κ2) is 4.98. The van der Waals surface area contributed by atoms with Gasteiger partial charge in [-0.3, -0.25) is 0 Å². The highest BCUT2D eigenvalue weighted by molar-refractivity contribution is 5.50. The van der Waals surface area contributed by atoms with Gasteiger partial charge in [0.2, 0.25) is 0 Å². The number of rotatable bonds is 3. The van der Waals surface area contributed by atoms with E-state index < -0.39 is 0 Å². The predicted molar refractivity (Wildman–Crippen MR) is 69.0 cm³/mol. The van der Waals surface area contributed by atoms with Crippen LogP contribution < -0.4 is 4.74 Å². The smallest absolute Gasteiger partial charge is 0.122 e. The maximum atomic E-state index is 5.39. The Bertz CT molecular complexity index is 530. The summed E-state index contributed by atoms with van der Waals surface area (Å²) < 4.78 is 12.8. The lowest BCUT2D eigenvalue weighted by molar-refractivity contribution is 0.0659. The SMILES string of the molecule is COc1ccn2c(CC3CCOCC3)ncc2c1. The van der Waals surface area contributed by atoms with Gasteiger partial charge in [-0.15, -0.1) is 0 Å². The number of aromatic nitrogens is 2. The topological polar surface area (TPSA) is 35.8 Å². The van der Waals surface area contributed by atoms with Crippen molar-refractivity contribution in [3.8, 4) is 5.75 Å².